The molecule has 1 unspecified atom stereocenters. The lowest BCUT2D eigenvalue weighted by atomic mass is 10.2. The lowest BCUT2D eigenvalue weighted by molar-refractivity contribution is -0.117. The highest BCUT2D eigenvalue weighted by atomic mass is 79.9. The van der Waals surface area contributed by atoms with Gasteiger partial charge in [-0.25, -0.2) is 0 Å². The molecule has 2 rings (SSSR count). The third-order valence-electron chi connectivity index (χ3n) is 2.80. The van der Waals surface area contributed by atoms with Crippen molar-refractivity contribution in [1.29, 1.82) is 0 Å². The van der Waals surface area contributed by atoms with Crippen LogP contribution in [0.3, 0.4) is 0 Å². The van der Waals surface area contributed by atoms with Crippen LogP contribution in [-0.2, 0) is 11.3 Å². The standard InChI is InChI=1S/C13H17BrN2O/c1-15(2)8-10-4-3-5-12(6-10)16-9-11(14)7-13(16)17/h3-6,11H,7-9H2,1-2H3. The number of carbonyl (C=O) groups excluding carboxylic acids is 1. The number of anilines is 1. The van der Waals surface area contributed by atoms with Crippen LogP contribution in [0.2, 0.25) is 0 Å². The Labute approximate surface area is 111 Å². The van der Waals surface area contributed by atoms with Crippen molar-refractivity contribution in [1.82, 2.24) is 4.90 Å². The molecule has 4 heteroatoms. The molecule has 3 nitrogen and oxygen atoms in total. The first-order valence-corrected chi connectivity index (χ1v) is 6.66. The van der Waals surface area contributed by atoms with Gasteiger partial charge in [0.1, 0.15) is 0 Å². The van der Waals surface area contributed by atoms with Gasteiger partial charge in [-0.3, -0.25) is 4.79 Å². The topological polar surface area (TPSA) is 23.6 Å². The van der Waals surface area contributed by atoms with Crippen LogP contribution >= 0.6 is 15.9 Å². The molecule has 1 aromatic carbocycles. The van der Waals surface area contributed by atoms with Crippen LogP contribution < -0.4 is 4.90 Å². The first-order chi connectivity index (χ1) is 8.06. The van der Waals surface area contributed by atoms with Gasteiger partial charge in [-0.2, -0.15) is 0 Å². The van der Waals surface area contributed by atoms with Crippen molar-refractivity contribution < 1.29 is 4.79 Å². The number of halogens is 1. The first kappa shape index (κ1) is 12.6. The minimum absolute atomic E-state index is 0.203. The van der Waals surface area contributed by atoms with Gasteiger partial charge in [-0.15, -0.1) is 0 Å². The maximum absolute atomic E-state index is 11.8. The first-order valence-electron chi connectivity index (χ1n) is 5.74. The Morgan fingerprint density at radius 2 is 2.24 bits per heavy atom. The summed E-state index contributed by atoms with van der Waals surface area (Å²) in [6, 6.07) is 8.21. The van der Waals surface area contributed by atoms with Gasteiger partial charge >= 0.3 is 0 Å². The summed E-state index contributed by atoms with van der Waals surface area (Å²) in [7, 11) is 4.09. The highest BCUT2D eigenvalue weighted by Crippen LogP contribution is 2.25. The van der Waals surface area contributed by atoms with Gasteiger partial charge in [0, 0.05) is 30.0 Å². The van der Waals surface area contributed by atoms with Gasteiger partial charge in [-0.1, -0.05) is 28.1 Å². The molecule has 1 amide bonds. The highest BCUT2D eigenvalue weighted by Gasteiger charge is 2.28. The van der Waals surface area contributed by atoms with E-state index in [1.165, 1.54) is 5.56 Å². The van der Waals surface area contributed by atoms with Crippen LogP contribution in [-0.4, -0.2) is 36.3 Å². The van der Waals surface area contributed by atoms with Gasteiger partial charge in [0.05, 0.1) is 0 Å². The largest absolute Gasteiger partial charge is 0.311 e. The predicted molar refractivity (Wildman–Crippen MR) is 73.5 cm³/mol. The number of alkyl halides is 1. The van der Waals surface area contributed by atoms with Gasteiger partial charge in [0.2, 0.25) is 5.91 Å². The second kappa shape index (κ2) is 5.19. The van der Waals surface area contributed by atoms with Crippen LogP contribution in [0.15, 0.2) is 24.3 Å². The molecule has 17 heavy (non-hydrogen) atoms. The second-order valence-electron chi connectivity index (χ2n) is 4.71. The second-order valence-corrected chi connectivity index (χ2v) is 6.01. The molecule has 1 aromatic rings. The van der Waals surface area contributed by atoms with Crippen molar-refractivity contribution in [2.45, 2.75) is 17.8 Å². The molecule has 0 bridgehead atoms. The third-order valence-corrected chi connectivity index (χ3v) is 3.41. The van der Waals surface area contributed by atoms with Gasteiger partial charge in [0.25, 0.3) is 0 Å². The summed E-state index contributed by atoms with van der Waals surface area (Å²) in [5, 5.41) is 0. The lowest BCUT2D eigenvalue weighted by Gasteiger charge is -2.18. The number of carbonyl (C=O) groups is 1. The van der Waals surface area contributed by atoms with E-state index in [1.807, 2.05) is 31.1 Å². The number of hydrogen-bond acceptors (Lipinski definition) is 2. The van der Waals surface area contributed by atoms with E-state index >= 15 is 0 Å². The van der Waals surface area contributed by atoms with Gasteiger partial charge in [0.15, 0.2) is 0 Å². The number of amides is 1. The molecule has 0 radical (unpaired) electrons. The van der Waals surface area contributed by atoms with E-state index < -0.39 is 0 Å². The molecule has 1 heterocycles. The maximum atomic E-state index is 11.8. The predicted octanol–water partition coefficient (Wildman–Crippen LogP) is 2.25. The zero-order valence-electron chi connectivity index (χ0n) is 10.2. The molecular weight excluding hydrogens is 280 g/mol. The number of benzene rings is 1. The third kappa shape index (κ3) is 3.07. The molecule has 0 N–H and O–H groups in total. The SMILES string of the molecule is CN(C)Cc1cccc(N2CC(Br)CC2=O)c1. The fraction of sp³-hybridized carbons (Fsp3) is 0.462. The number of nitrogens with zero attached hydrogens (tertiary/aromatic N) is 2. The van der Waals surface area contributed by atoms with Crippen molar-refractivity contribution in [2.75, 3.05) is 25.5 Å². The zero-order chi connectivity index (χ0) is 12.4. The summed E-state index contributed by atoms with van der Waals surface area (Å²) < 4.78 is 0. The van der Waals surface area contributed by atoms with Crippen molar-refractivity contribution >= 4 is 27.5 Å². The quantitative estimate of drug-likeness (QED) is 0.799. The molecule has 1 aliphatic heterocycles. The van der Waals surface area contributed by atoms with Crippen molar-refractivity contribution in [3.05, 3.63) is 29.8 Å². The van der Waals surface area contributed by atoms with Crippen LogP contribution in [0.5, 0.6) is 0 Å². The van der Waals surface area contributed by atoms with Gasteiger partial charge < -0.3 is 9.80 Å². The average Bonchev–Trinajstić information content (AvgIpc) is 2.57. The molecule has 1 saturated heterocycles. The summed E-state index contributed by atoms with van der Waals surface area (Å²) in [6.07, 6.45) is 0.595. The average molecular weight is 297 g/mol. The van der Waals surface area contributed by atoms with E-state index in [0.29, 0.717) is 6.42 Å². The zero-order valence-corrected chi connectivity index (χ0v) is 11.8. The minimum atomic E-state index is 0.203. The monoisotopic (exact) mass is 296 g/mol. The van der Waals surface area contributed by atoms with Crippen molar-refractivity contribution in [3.63, 3.8) is 0 Å². The summed E-state index contributed by atoms with van der Waals surface area (Å²) >= 11 is 3.50. The van der Waals surface area contributed by atoms with Crippen LogP contribution in [0.25, 0.3) is 0 Å². The van der Waals surface area contributed by atoms with Crippen molar-refractivity contribution in [2.24, 2.45) is 0 Å². The van der Waals surface area contributed by atoms with Crippen molar-refractivity contribution in [3.8, 4) is 0 Å². The summed E-state index contributed by atoms with van der Waals surface area (Å²) in [5.41, 5.74) is 2.25. The molecule has 92 valence electrons. The van der Waals surface area contributed by atoms with E-state index in [-0.39, 0.29) is 10.7 Å². The normalized spacial score (nSPS) is 20.4. The Morgan fingerprint density at radius 3 is 2.82 bits per heavy atom. The van der Waals surface area contributed by atoms with E-state index in [9.17, 15) is 4.79 Å². The molecule has 1 fully saturated rings. The van der Waals surface area contributed by atoms with E-state index in [1.54, 1.807) is 0 Å². The molecule has 0 aromatic heterocycles. The molecule has 1 aliphatic rings. The van der Waals surface area contributed by atoms with E-state index in [0.717, 1.165) is 18.8 Å². The maximum Gasteiger partial charge on any atom is 0.228 e. The lowest BCUT2D eigenvalue weighted by Crippen LogP contribution is -2.24. The Bertz CT molecular complexity index is 420. The van der Waals surface area contributed by atoms with Crippen LogP contribution in [0.1, 0.15) is 12.0 Å². The van der Waals surface area contributed by atoms with E-state index in [4.69, 9.17) is 0 Å². The Morgan fingerprint density at radius 1 is 1.47 bits per heavy atom. The Hall–Kier alpha value is -0.870. The molecule has 0 saturated carbocycles. The molecular formula is C13H17BrN2O. The van der Waals surface area contributed by atoms with Gasteiger partial charge in [-0.05, 0) is 31.8 Å². The fourth-order valence-corrected chi connectivity index (χ4v) is 2.67. The Kier molecular flexibility index (Phi) is 3.84. The minimum Gasteiger partial charge on any atom is -0.311 e. The van der Waals surface area contributed by atoms with E-state index in [2.05, 4.69) is 33.0 Å². The number of rotatable bonds is 3. The highest BCUT2D eigenvalue weighted by molar-refractivity contribution is 9.09. The molecule has 0 spiro atoms. The fourth-order valence-electron chi connectivity index (χ4n) is 2.10. The Balaban J connectivity index is 2.18. The summed E-state index contributed by atoms with van der Waals surface area (Å²) in [4.78, 5) is 16.1. The molecule has 0 aliphatic carbocycles. The van der Waals surface area contributed by atoms with Crippen LogP contribution in [0.4, 0.5) is 5.69 Å². The summed E-state index contributed by atoms with van der Waals surface area (Å²) in [5.74, 6) is 0.203. The molecule has 1 atom stereocenters. The van der Waals surface area contributed by atoms with Crippen LogP contribution in [0, 0.1) is 0 Å². The smallest absolute Gasteiger partial charge is 0.228 e. The number of hydrogen-bond donors (Lipinski definition) is 0. The summed E-state index contributed by atoms with van der Waals surface area (Å²) in [6.45, 7) is 1.66.